The minimum Gasteiger partial charge on any atom is -0.179 e. The van der Waals surface area contributed by atoms with Gasteiger partial charge in [-0.2, -0.15) is 12.6 Å². The average molecular weight is 309 g/mol. The minimum absolute atomic E-state index is 1.05. The third-order valence-electron chi connectivity index (χ3n) is 4.14. The van der Waals surface area contributed by atoms with Gasteiger partial charge in [0.15, 0.2) is 0 Å². The summed E-state index contributed by atoms with van der Waals surface area (Å²) in [6.07, 6.45) is 13.6. The van der Waals surface area contributed by atoms with Crippen molar-refractivity contribution in [2.45, 2.75) is 69.1 Å². The summed E-state index contributed by atoms with van der Waals surface area (Å²) in [4.78, 5) is 1.49. The Morgan fingerprint density at radius 3 is 2.35 bits per heavy atom. The van der Waals surface area contributed by atoms with Gasteiger partial charge < -0.3 is 0 Å². The van der Waals surface area contributed by atoms with E-state index in [2.05, 4.69) is 30.8 Å². The molecule has 0 unspecified atom stereocenters. The highest BCUT2D eigenvalue weighted by molar-refractivity contribution is 7.99. The molecule has 1 aliphatic rings. The van der Waals surface area contributed by atoms with Gasteiger partial charge in [-0.25, -0.2) is 0 Å². The smallest absolute Gasteiger partial charge is 0.00748 e. The Balaban J connectivity index is 1.51. The molecule has 0 atom stereocenters. The minimum atomic E-state index is 1.05. The molecule has 0 fully saturated rings. The van der Waals surface area contributed by atoms with Gasteiger partial charge in [0.05, 0.1) is 0 Å². The third kappa shape index (κ3) is 5.73. The highest BCUT2D eigenvalue weighted by Crippen LogP contribution is 2.28. The lowest BCUT2D eigenvalue weighted by Crippen LogP contribution is -1.86. The molecule has 0 heterocycles. The van der Waals surface area contributed by atoms with E-state index in [9.17, 15) is 0 Å². The Bertz CT molecular complexity index is 387. The zero-order valence-electron chi connectivity index (χ0n) is 12.6. The molecule has 20 heavy (non-hydrogen) atoms. The molecule has 0 saturated heterocycles. The van der Waals surface area contributed by atoms with Gasteiger partial charge in [0, 0.05) is 4.90 Å². The molecule has 0 nitrogen and oxygen atoms in total. The highest BCUT2D eigenvalue weighted by atomic mass is 32.2. The fraction of sp³-hybridized carbons (Fsp3) is 0.667. The van der Waals surface area contributed by atoms with Gasteiger partial charge >= 0.3 is 0 Å². The first kappa shape index (κ1) is 16.3. The molecule has 0 spiro atoms. The van der Waals surface area contributed by atoms with Crippen LogP contribution in [0.25, 0.3) is 0 Å². The van der Waals surface area contributed by atoms with E-state index >= 15 is 0 Å². The van der Waals surface area contributed by atoms with Gasteiger partial charge in [-0.15, -0.1) is 11.8 Å². The van der Waals surface area contributed by atoms with E-state index in [0.717, 1.165) is 5.75 Å². The number of fused-ring (bicyclic) bond motifs is 1. The molecular formula is C18H28S2. The number of hydrogen-bond acceptors (Lipinski definition) is 2. The first-order valence-corrected chi connectivity index (χ1v) is 9.87. The number of thioether (sulfide) groups is 1. The lowest BCUT2D eigenvalue weighted by molar-refractivity contribution is 0.605. The zero-order valence-corrected chi connectivity index (χ0v) is 14.3. The summed E-state index contributed by atoms with van der Waals surface area (Å²) < 4.78 is 0. The lowest BCUT2D eigenvalue weighted by Gasteiger charge is -2.05. The number of aryl methyl sites for hydroxylation is 2. The van der Waals surface area contributed by atoms with E-state index in [0.29, 0.717) is 0 Å². The monoisotopic (exact) mass is 308 g/mol. The van der Waals surface area contributed by atoms with E-state index in [1.54, 1.807) is 11.1 Å². The quantitative estimate of drug-likeness (QED) is 0.317. The van der Waals surface area contributed by atoms with E-state index in [4.69, 9.17) is 0 Å². The first-order chi connectivity index (χ1) is 9.90. The second-order valence-electron chi connectivity index (χ2n) is 5.83. The van der Waals surface area contributed by atoms with E-state index in [1.165, 1.54) is 74.9 Å². The number of hydrogen-bond donors (Lipinski definition) is 1. The molecule has 0 radical (unpaired) electrons. The summed E-state index contributed by atoms with van der Waals surface area (Å²) >= 11 is 6.30. The maximum atomic E-state index is 4.25. The zero-order chi connectivity index (χ0) is 14.0. The molecule has 0 N–H and O–H groups in total. The Morgan fingerprint density at radius 1 is 0.850 bits per heavy atom. The first-order valence-electron chi connectivity index (χ1n) is 8.25. The van der Waals surface area contributed by atoms with Crippen molar-refractivity contribution in [3.63, 3.8) is 0 Å². The lowest BCUT2D eigenvalue weighted by atomic mass is 10.1. The fourth-order valence-corrected chi connectivity index (χ4v) is 4.12. The van der Waals surface area contributed by atoms with Crippen molar-refractivity contribution in [1.29, 1.82) is 0 Å². The fourth-order valence-electron chi connectivity index (χ4n) is 2.93. The molecule has 2 rings (SSSR count). The summed E-state index contributed by atoms with van der Waals surface area (Å²) in [5.41, 5.74) is 3.20. The Kier molecular flexibility index (Phi) is 7.97. The van der Waals surface area contributed by atoms with E-state index in [1.807, 2.05) is 11.8 Å². The van der Waals surface area contributed by atoms with Crippen LogP contribution in [-0.2, 0) is 12.8 Å². The standard InChI is InChI=1S/C18H28S2/c19-13-6-4-2-1-3-5-7-14-20-18-12-11-16-9-8-10-17(16)15-18/h11-12,15,19H,1-10,13-14H2. The van der Waals surface area contributed by atoms with Crippen LogP contribution in [0.15, 0.2) is 23.1 Å². The predicted octanol–water partition coefficient (Wildman–Crippen LogP) is 5.93. The molecule has 1 aromatic carbocycles. The van der Waals surface area contributed by atoms with Gasteiger partial charge in [0.25, 0.3) is 0 Å². The summed E-state index contributed by atoms with van der Waals surface area (Å²) in [5, 5.41) is 0. The van der Waals surface area contributed by atoms with E-state index < -0.39 is 0 Å². The maximum Gasteiger partial charge on any atom is 0.00748 e. The normalized spacial score (nSPS) is 13.7. The van der Waals surface area contributed by atoms with Crippen LogP contribution in [0.4, 0.5) is 0 Å². The maximum absolute atomic E-state index is 4.25. The Labute approximate surface area is 134 Å². The molecule has 1 aromatic rings. The second-order valence-corrected chi connectivity index (χ2v) is 7.45. The van der Waals surface area contributed by atoms with Crippen LogP contribution in [0, 0.1) is 0 Å². The number of rotatable bonds is 10. The Hall–Kier alpha value is -0.0800. The summed E-state index contributed by atoms with van der Waals surface area (Å²) in [6, 6.07) is 7.11. The van der Waals surface area contributed by atoms with Crippen molar-refractivity contribution in [2.75, 3.05) is 11.5 Å². The molecule has 0 bridgehead atoms. The van der Waals surface area contributed by atoms with Crippen molar-refractivity contribution in [2.24, 2.45) is 0 Å². The number of thiol groups is 1. The van der Waals surface area contributed by atoms with Crippen molar-refractivity contribution in [3.8, 4) is 0 Å². The molecule has 112 valence electrons. The SMILES string of the molecule is SCCCCCCCCCSc1ccc2c(c1)CCC2. The van der Waals surface area contributed by atoms with Gasteiger partial charge in [-0.3, -0.25) is 0 Å². The summed E-state index contributed by atoms with van der Waals surface area (Å²) in [5.74, 6) is 2.34. The predicted molar refractivity (Wildman–Crippen MR) is 95.4 cm³/mol. The van der Waals surface area contributed by atoms with Crippen LogP contribution >= 0.6 is 24.4 Å². The molecular weight excluding hydrogens is 280 g/mol. The van der Waals surface area contributed by atoms with E-state index in [-0.39, 0.29) is 0 Å². The molecule has 0 amide bonds. The average Bonchev–Trinajstić information content (AvgIpc) is 2.93. The van der Waals surface area contributed by atoms with Gasteiger partial charge in [0.2, 0.25) is 0 Å². The second kappa shape index (κ2) is 9.78. The van der Waals surface area contributed by atoms with Crippen molar-refractivity contribution < 1.29 is 0 Å². The number of benzene rings is 1. The van der Waals surface area contributed by atoms with Crippen LogP contribution in [0.5, 0.6) is 0 Å². The van der Waals surface area contributed by atoms with Crippen molar-refractivity contribution >= 4 is 24.4 Å². The molecule has 2 heteroatoms. The summed E-state index contributed by atoms with van der Waals surface area (Å²) in [6.45, 7) is 0. The van der Waals surface area contributed by atoms with Crippen LogP contribution in [0.2, 0.25) is 0 Å². The van der Waals surface area contributed by atoms with Crippen molar-refractivity contribution in [1.82, 2.24) is 0 Å². The number of unbranched alkanes of at least 4 members (excludes halogenated alkanes) is 6. The van der Waals surface area contributed by atoms with Crippen LogP contribution in [-0.4, -0.2) is 11.5 Å². The van der Waals surface area contributed by atoms with Crippen LogP contribution < -0.4 is 0 Å². The highest BCUT2D eigenvalue weighted by Gasteiger charge is 2.10. The van der Waals surface area contributed by atoms with Crippen LogP contribution in [0.1, 0.15) is 62.5 Å². The molecule has 1 aliphatic carbocycles. The van der Waals surface area contributed by atoms with Crippen LogP contribution in [0.3, 0.4) is 0 Å². The van der Waals surface area contributed by atoms with Gasteiger partial charge in [-0.1, -0.05) is 38.2 Å². The van der Waals surface area contributed by atoms with Gasteiger partial charge in [0.1, 0.15) is 0 Å². The largest absolute Gasteiger partial charge is 0.179 e. The summed E-state index contributed by atoms with van der Waals surface area (Å²) in [7, 11) is 0. The molecule has 0 saturated carbocycles. The molecule has 0 aliphatic heterocycles. The van der Waals surface area contributed by atoms with Gasteiger partial charge in [-0.05, 0) is 66.9 Å². The van der Waals surface area contributed by atoms with Crippen molar-refractivity contribution in [3.05, 3.63) is 29.3 Å². The molecule has 0 aromatic heterocycles. The third-order valence-corrected chi connectivity index (χ3v) is 5.54. The Morgan fingerprint density at radius 2 is 1.55 bits per heavy atom. The topological polar surface area (TPSA) is 0 Å².